The third-order valence-corrected chi connectivity index (χ3v) is 5.82. The van der Waals surface area contributed by atoms with Crippen LogP contribution in [0.25, 0.3) is 22.3 Å². The number of nitrogens with one attached hydrogen (secondary N) is 1. The van der Waals surface area contributed by atoms with Gasteiger partial charge in [-0.05, 0) is 65.9 Å². The Morgan fingerprint density at radius 2 is 1.53 bits per heavy atom. The first-order valence-electron chi connectivity index (χ1n) is 9.92. The topological polar surface area (TPSA) is 32.3 Å². The highest BCUT2D eigenvalue weighted by Crippen LogP contribution is 2.38. The first kappa shape index (κ1) is 20.9. The molecule has 30 heavy (non-hydrogen) atoms. The van der Waals surface area contributed by atoms with Crippen molar-refractivity contribution >= 4 is 29.1 Å². The Morgan fingerprint density at radius 3 is 2.23 bits per heavy atom. The van der Waals surface area contributed by atoms with E-state index in [1.807, 2.05) is 23.2 Å². The van der Waals surface area contributed by atoms with E-state index in [0.29, 0.717) is 15.6 Å². The maximum absolute atomic E-state index is 13.4. The minimum atomic E-state index is -0.303. The van der Waals surface area contributed by atoms with Crippen LogP contribution in [0.5, 0.6) is 0 Å². The minimum absolute atomic E-state index is 0.158. The summed E-state index contributed by atoms with van der Waals surface area (Å²) in [5.41, 5.74) is 6.76. The number of amides is 1. The zero-order chi connectivity index (χ0) is 21.1. The average molecular weight is 443 g/mol. The highest BCUT2D eigenvalue weighted by molar-refractivity contribution is 6.36. The molecule has 1 aliphatic heterocycles. The van der Waals surface area contributed by atoms with E-state index in [-0.39, 0.29) is 11.7 Å². The monoisotopic (exact) mass is 442 g/mol. The van der Waals surface area contributed by atoms with E-state index in [1.54, 1.807) is 30.3 Å². The van der Waals surface area contributed by atoms with E-state index in [2.05, 4.69) is 5.43 Å². The lowest BCUT2D eigenvalue weighted by atomic mass is 9.92. The fourth-order valence-corrected chi connectivity index (χ4v) is 4.22. The smallest absolute Gasteiger partial charge is 0.265 e. The fraction of sp³-hybridized carbons (Fsp3) is 0.208. The molecule has 3 aromatic rings. The quantitative estimate of drug-likeness (QED) is 0.493. The number of benzene rings is 3. The molecule has 1 fully saturated rings. The third kappa shape index (κ3) is 4.67. The molecule has 0 bridgehead atoms. The van der Waals surface area contributed by atoms with Gasteiger partial charge < -0.3 is 0 Å². The highest BCUT2D eigenvalue weighted by Gasteiger charge is 2.18. The number of rotatable bonds is 4. The van der Waals surface area contributed by atoms with E-state index in [1.165, 1.54) is 18.6 Å². The van der Waals surface area contributed by atoms with Crippen molar-refractivity contribution < 1.29 is 9.18 Å². The van der Waals surface area contributed by atoms with Crippen LogP contribution in [-0.4, -0.2) is 24.0 Å². The van der Waals surface area contributed by atoms with Crippen molar-refractivity contribution in [3.8, 4) is 22.3 Å². The lowest BCUT2D eigenvalue weighted by molar-refractivity contribution is 0.0750. The molecule has 0 aliphatic carbocycles. The number of hydrogen-bond donors (Lipinski definition) is 1. The molecule has 1 aliphatic rings. The second-order valence-corrected chi connectivity index (χ2v) is 8.22. The van der Waals surface area contributed by atoms with E-state index in [0.717, 1.165) is 48.2 Å². The van der Waals surface area contributed by atoms with Crippen molar-refractivity contribution in [1.29, 1.82) is 0 Å². The average Bonchev–Trinajstić information content (AvgIpc) is 2.75. The van der Waals surface area contributed by atoms with Crippen LogP contribution in [0.15, 0.2) is 60.7 Å². The van der Waals surface area contributed by atoms with Crippen molar-refractivity contribution in [3.63, 3.8) is 0 Å². The summed E-state index contributed by atoms with van der Waals surface area (Å²) in [6, 6.07) is 17.0. The van der Waals surface area contributed by atoms with Crippen LogP contribution in [0.1, 0.15) is 29.6 Å². The summed E-state index contributed by atoms with van der Waals surface area (Å²) in [6.45, 7) is 1.71. The van der Waals surface area contributed by atoms with Gasteiger partial charge in [0.2, 0.25) is 0 Å². The van der Waals surface area contributed by atoms with Gasteiger partial charge in [-0.2, -0.15) is 0 Å². The summed E-state index contributed by atoms with van der Waals surface area (Å²) in [5, 5.41) is 2.99. The summed E-state index contributed by atoms with van der Waals surface area (Å²) < 4.78 is 13.4. The Balaban J connectivity index is 1.75. The van der Waals surface area contributed by atoms with Gasteiger partial charge in [-0.3, -0.25) is 10.2 Å². The predicted molar refractivity (Wildman–Crippen MR) is 120 cm³/mol. The fourth-order valence-electron chi connectivity index (χ4n) is 3.71. The van der Waals surface area contributed by atoms with Crippen LogP contribution in [0.3, 0.4) is 0 Å². The van der Waals surface area contributed by atoms with Gasteiger partial charge >= 0.3 is 0 Å². The van der Waals surface area contributed by atoms with Gasteiger partial charge in [-0.15, -0.1) is 0 Å². The maximum Gasteiger partial charge on any atom is 0.265 e. The van der Waals surface area contributed by atoms with Gasteiger partial charge in [-0.25, -0.2) is 9.40 Å². The van der Waals surface area contributed by atoms with Crippen molar-refractivity contribution in [2.75, 3.05) is 13.1 Å². The second-order valence-electron chi connectivity index (χ2n) is 7.38. The molecule has 3 aromatic carbocycles. The molecule has 1 saturated heterocycles. The third-order valence-electron chi connectivity index (χ3n) is 5.27. The molecular formula is C24H21Cl2FN2O. The molecule has 154 valence electrons. The second kappa shape index (κ2) is 9.17. The van der Waals surface area contributed by atoms with Crippen molar-refractivity contribution in [2.45, 2.75) is 19.3 Å². The van der Waals surface area contributed by atoms with Crippen molar-refractivity contribution in [2.24, 2.45) is 0 Å². The molecule has 1 heterocycles. The van der Waals surface area contributed by atoms with Gasteiger partial charge in [0.1, 0.15) is 5.82 Å². The van der Waals surface area contributed by atoms with Gasteiger partial charge in [0.15, 0.2) is 0 Å². The first-order valence-corrected chi connectivity index (χ1v) is 10.7. The van der Waals surface area contributed by atoms with E-state index < -0.39 is 0 Å². The molecule has 3 nitrogen and oxygen atoms in total. The molecule has 0 radical (unpaired) electrons. The zero-order valence-corrected chi connectivity index (χ0v) is 17.8. The number of carbonyl (C=O) groups excluding carboxylic acids is 1. The number of hydrazine groups is 1. The molecule has 4 rings (SSSR count). The largest absolute Gasteiger partial charge is 0.285 e. The number of nitrogens with zero attached hydrogens (tertiary/aromatic N) is 1. The predicted octanol–water partition coefficient (Wildman–Crippen LogP) is 6.60. The summed E-state index contributed by atoms with van der Waals surface area (Å²) in [4.78, 5) is 12.9. The molecule has 6 heteroatoms. The molecule has 0 spiro atoms. The number of hydrogen-bond acceptors (Lipinski definition) is 2. The van der Waals surface area contributed by atoms with E-state index >= 15 is 0 Å². The van der Waals surface area contributed by atoms with Crippen molar-refractivity contribution in [1.82, 2.24) is 10.4 Å². The number of halogens is 3. The first-order chi connectivity index (χ1) is 14.5. The molecule has 0 atom stereocenters. The molecule has 1 amide bonds. The minimum Gasteiger partial charge on any atom is -0.285 e. The van der Waals surface area contributed by atoms with Gasteiger partial charge in [-0.1, -0.05) is 53.9 Å². The Hall–Kier alpha value is -2.40. The maximum atomic E-state index is 13.4. The summed E-state index contributed by atoms with van der Waals surface area (Å²) in [5.74, 6) is -0.462. The lowest BCUT2D eigenvalue weighted by Crippen LogP contribution is -2.45. The molecule has 0 saturated carbocycles. The van der Waals surface area contributed by atoms with Gasteiger partial charge in [0.05, 0.1) is 0 Å². The van der Waals surface area contributed by atoms with Crippen molar-refractivity contribution in [3.05, 3.63) is 82.1 Å². The van der Waals surface area contributed by atoms with Crippen LogP contribution in [0.4, 0.5) is 4.39 Å². The SMILES string of the molecule is O=C(NN1CCCCC1)c1ccc(-c2ccc(F)cc2)c(-c2ccc(Cl)cc2Cl)c1. The highest BCUT2D eigenvalue weighted by atomic mass is 35.5. The van der Waals surface area contributed by atoms with Crippen LogP contribution < -0.4 is 5.43 Å². The summed E-state index contributed by atoms with van der Waals surface area (Å²) in [6.07, 6.45) is 3.35. The molecular weight excluding hydrogens is 422 g/mol. The Bertz CT molecular complexity index is 1060. The Morgan fingerprint density at radius 1 is 0.833 bits per heavy atom. The lowest BCUT2D eigenvalue weighted by Gasteiger charge is -2.27. The zero-order valence-electron chi connectivity index (χ0n) is 16.3. The van der Waals surface area contributed by atoms with Crippen LogP contribution in [-0.2, 0) is 0 Å². The summed E-state index contributed by atoms with van der Waals surface area (Å²) in [7, 11) is 0. The standard InChI is InChI=1S/C24H21Cl2FN2O/c25-18-7-11-21(23(26)15-18)22-14-17(24(30)28-29-12-2-1-3-13-29)6-10-20(22)16-4-8-19(27)9-5-16/h4-11,14-15H,1-3,12-13H2,(H,28,30). The molecule has 0 unspecified atom stereocenters. The number of carbonyl (C=O) groups is 1. The normalized spacial score (nSPS) is 14.5. The molecule has 0 aromatic heterocycles. The Kier molecular flexibility index (Phi) is 6.38. The van der Waals surface area contributed by atoms with Gasteiger partial charge in [0.25, 0.3) is 5.91 Å². The molecule has 1 N–H and O–H groups in total. The van der Waals surface area contributed by atoms with Crippen LogP contribution in [0.2, 0.25) is 10.0 Å². The van der Waals surface area contributed by atoms with E-state index in [4.69, 9.17) is 23.2 Å². The number of piperidine rings is 1. The van der Waals surface area contributed by atoms with E-state index in [9.17, 15) is 9.18 Å². The Labute approximate surface area is 185 Å². The summed E-state index contributed by atoms with van der Waals surface area (Å²) >= 11 is 12.6. The van der Waals surface area contributed by atoms with Crippen LogP contribution >= 0.6 is 23.2 Å². The van der Waals surface area contributed by atoms with Gasteiger partial charge in [0, 0.05) is 34.3 Å². The van der Waals surface area contributed by atoms with Crippen LogP contribution in [0, 0.1) is 5.82 Å².